The number of ether oxygens (including phenoxy) is 2. The van der Waals surface area contributed by atoms with Crippen LogP contribution in [0.25, 0.3) is 0 Å². The highest BCUT2D eigenvalue weighted by Gasteiger charge is 2.12. The molecule has 150 valence electrons. The van der Waals surface area contributed by atoms with E-state index in [1.54, 1.807) is 7.05 Å². The lowest BCUT2D eigenvalue weighted by Crippen LogP contribution is -2.39. The largest absolute Gasteiger partial charge is 0.492 e. The Morgan fingerprint density at radius 1 is 1.00 bits per heavy atom. The van der Waals surface area contributed by atoms with Crippen LogP contribution in [0.15, 0.2) is 29.3 Å². The summed E-state index contributed by atoms with van der Waals surface area (Å²) in [4.78, 5) is 4.21. The summed E-state index contributed by atoms with van der Waals surface area (Å²) in [6.45, 7) is 12.5. The number of nitrogens with one attached hydrogen (secondary N) is 2. The number of benzene rings is 1. The van der Waals surface area contributed by atoms with E-state index in [0.29, 0.717) is 13.2 Å². The van der Waals surface area contributed by atoms with Crippen LogP contribution in [0.1, 0.15) is 46.1 Å². The van der Waals surface area contributed by atoms with Crippen molar-refractivity contribution in [1.29, 1.82) is 0 Å². The molecule has 0 radical (unpaired) electrons. The Balaban J connectivity index is 0.00000625. The second-order valence-electron chi connectivity index (χ2n) is 6.95. The summed E-state index contributed by atoms with van der Waals surface area (Å²) < 4.78 is 11.1. The summed E-state index contributed by atoms with van der Waals surface area (Å²) in [6, 6.07) is 8.33. The van der Waals surface area contributed by atoms with E-state index in [1.807, 2.05) is 19.1 Å². The quantitative estimate of drug-likeness (QED) is 0.232. The van der Waals surface area contributed by atoms with Gasteiger partial charge in [0.25, 0.3) is 0 Å². The zero-order valence-electron chi connectivity index (χ0n) is 16.9. The molecule has 0 atom stereocenters. The van der Waals surface area contributed by atoms with Crippen LogP contribution >= 0.6 is 24.0 Å². The number of hydrogen-bond donors (Lipinski definition) is 2. The third-order valence-corrected chi connectivity index (χ3v) is 3.82. The minimum absolute atomic E-state index is 0. The van der Waals surface area contributed by atoms with Crippen molar-refractivity contribution in [3.05, 3.63) is 29.8 Å². The highest BCUT2D eigenvalue weighted by Crippen LogP contribution is 2.24. The highest BCUT2D eigenvalue weighted by atomic mass is 127. The number of unbranched alkanes of at least 4 members (excludes halogenated alkanes) is 1. The minimum atomic E-state index is 0. The van der Waals surface area contributed by atoms with Crippen LogP contribution in [-0.4, -0.2) is 45.9 Å². The summed E-state index contributed by atoms with van der Waals surface area (Å²) in [5.74, 6) is 1.71. The minimum Gasteiger partial charge on any atom is -0.492 e. The first-order chi connectivity index (χ1) is 12.0. The predicted molar refractivity (Wildman–Crippen MR) is 121 cm³/mol. The molecule has 0 aliphatic rings. The number of nitrogens with zero attached hydrogens (tertiary/aromatic N) is 1. The van der Waals surface area contributed by atoms with E-state index in [9.17, 15) is 0 Å². The van der Waals surface area contributed by atoms with Crippen molar-refractivity contribution in [1.82, 2.24) is 10.6 Å². The molecule has 26 heavy (non-hydrogen) atoms. The van der Waals surface area contributed by atoms with Gasteiger partial charge in [-0.3, -0.25) is 4.99 Å². The molecular formula is C20H36IN3O2. The van der Waals surface area contributed by atoms with Gasteiger partial charge in [-0.15, -0.1) is 24.0 Å². The topological polar surface area (TPSA) is 54.9 Å². The Morgan fingerprint density at radius 3 is 2.23 bits per heavy atom. The third-order valence-electron chi connectivity index (χ3n) is 3.82. The van der Waals surface area contributed by atoms with E-state index in [4.69, 9.17) is 9.47 Å². The van der Waals surface area contributed by atoms with Gasteiger partial charge in [0.1, 0.15) is 12.4 Å². The summed E-state index contributed by atoms with van der Waals surface area (Å²) in [6.07, 6.45) is 2.13. The van der Waals surface area contributed by atoms with Crippen LogP contribution in [0.4, 0.5) is 0 Å². The zero-order valence-corrected chi connectivity index (χ0v) is 19.3. The lowest BCUT2D eigenvalue weighted by atomic mass is 9.87. The van der Waals surface area contributed by atoms with Crippen LogP contribution in [-0.2, 0) is 10.2 Å². The van der Waals surface area contributed by atoms with E-state index in [1.165, 1.54) is 5.56 Å². The van der Waals surface area contributed by atoms with Gasteiger partial charge in [0.05, 0.1) is 6.54 Å². The number of rotatable bonds is 10. The Bertz CT molecular complexity index is 499. The second-order valence-corrected chi connectivity index (χ2v) is 6.95. The first-order valence-electron chi connectivity index (χ1n) is 9.23. The Morgan fingerprint density at radius 2 is 1.65 bits per heavy atom. The zero-order chi connectivity index (χ0) is 18.5. The van der Waals surface area contributed by atoms with Crippen molar-refractivity contribution in [2.75, 3.05) is 40.0 Å². The van der Waals surface area contributed by atoms with Crippen molar-refractivity contribution in [2.24, 2.45) is 4.99 Å². The number of guanidine groups is 1. The van der Waals surface area contributed by atoms with Crippen molar-refractivity contribution in [3.63, 3.8) is 0 Å². The van der Waals surface area contributed by atoms with Gasteiger partial charge in [-0.25, -0.2) is 0 Å². The van der Waals surface area contributed by atoms with Crippen molar-refractivity contribution >= 4 is 29.9 Å². The smallest absolute Gasteiger partial charge is 0.191 e. The maximum absolute atomic E-state index is 5.78. The highest BCUT2D eigenvalue weighted by molar-refractivity contribution is 14.0. The maximum Gasteiger partial charge on any atom is 0.191 e. The molecule has 0 aliphatic heterocycles. The summed E-state index contributed by atoms with van der Waals surface area (Å²) in [5, 5.41) is 6.56. The van der Waals surface area contributed by atoms with Crippen LogP contribution in [0.3, 0.4) is 0 Å². The molecule has 0 spiro atoms. The maximum atomic E-state index is 5.78. The van der Waals surface area contributed by atoms with Crippen LogP contribution in [0.5, 0.6) is 5.75 Å². The van der Waals surface area contributed by atoms with Crippen molar-refractivity contribution in [2.45, 2.75) is 46.0 Å². The molecule has 2 N–H and O–H groups in total. The standard InChI is InChI=1S/C20H35N3O2.HI/c1-6-24-15-8-7-13-22-19(21-5)23-14-16-25-18-11-9-17(10-12-18)20(2,3)4;/h9-12H,6-8,13-16H2,1-5H3,(H2,21,22,23);1H. The second kappa shape index (κ2) is 14.1. The van der Waals surface area contributed by atoms with Gasteiger partial charge >= 0.3 is 0 Å². The molecule has 0 unspecified atom stereocenters. The van der Waals surface area contributed by atoms with Gasteiger partial charge in [-0.05, 0) is 42.9 Å². The van der Waals surface area contributed by atoms with Gasteiger partial charge in [0.2, 0.25) is 0 Å². The van der Waals surface area contributed by atoms with Gasteiger partial charge < -0.3 is 20.1 Å². The Kier molecular flexibility index (Phi) is 13.5. The summed E-state index contributed by atoms with van der Waals surface area (Å²) in [7, 11) is 1.78. The van der Waals surface area contributed by atoms with E-state index in [-0.39, 0.29) is 29.4 Å². The van der Waals surface area contributed by atoms with E-state index in [0.717, 1.165) is 44.3 Å². The normalized spacial score (nSPS) is 11.7. The van der Waals surface area contributed by atoms with Crippen LogP contribution in [0.2, 0.25) is 0 Å². The molecule has 0 saturated carbocycles. The lowest BCUT2D eigenvalue weighted by molar-refractivity contribution is 0.143. The summed E-state index contributed by atoms with van der Waals surface area (Å²) >= 11 is 0. The molecule has 0 fully saturated rings. The Hall–Kier alpha value is -1.02. The molecule has 0 bridgehead atoms. The molecule has 0 saturated heterocycles. The fourth-order valence-electron chi connectivity index (χ4n) is 2.29. The number of hydrogen-bond acceptors (Lipinski definition) is 3. The van der Waals surface area contributed by atoms with Gasteiger partial charge in [-0.1, -0.05) is 32.9 Å². The fraction of sp³-hybridized carbons (Fsp3) is 0.650. The lowest BCUT2D eigenvalue weighted by Gasteiger charge is -2.19. The van der Waals surface area contributed by atoms with Gasteiger partial charge in [0.15, 0.2) is 5.96 Å². The average Bonchev–Trinajstić information content (AvgIpc) is 2.59. The monoisotopic (exact) mass is 477 g/mol. The first-order valence-corrected chi connectivity index (χ1v) is 9.23. The molecule has 0 aromatic heterocycles. The van der Waals surface area contributed by atoms with Crippen molar-refractivity contribution < 1.29 is 9.47 Å². The van der Waals surface area contributed by atoms with Gasteiger partial charge in [0, 0.05) is 26.8 Å². The summed E-state index contributed by atoms with van der Waals surface area (Å²) in [5.41, 5.74) is 1.48. The molecule has 1 rings (SSSR count). The van der Waals surface area contributed by atoms with E-state index >= 15 is 0 Å². The van der Waals surface area contributed by atoms with Crippen LogP contribution < -0.4 is 15.4 Å². The molecule has 0 amide bonds. The fourth-order valence-corrected chi connectivity index (χ4v) is 2.29. The first kappa shape index (κ1) is 25.0. The van der Waals surface area contributed by atoms with Crippen LogP contribution in [0, 0.1) is 0 Å². The van der Waals surface area contributed by atoms with E-state index in [2.05, 4.69) is 48.5 Å². The number of halogens is 1. The Labute approximate surface area is 176 Å². The molecule has 1 aromatic carbocycles. The van der Waals surface area contributed by atoms with Gasteiger partial charge in [-0.2, -0.15) is 0 Å². The molecule has 5 nitrogen and oxygen atoms in total. The predicted octanol–water partition coefficient (Wildman–Crippen LogP) is 3.96. The third kappa shape index (κ3) is 10.9. The van der Waals surface area contributed by atoms with Crippen molar-refractivity contribution in [3.8, 4) is 5.75 Å². The number of aliphatic imine (C=N–C) groups is 1. The molecular weight excluding hydrogens is 441 g/mol. The SMILES string of the molecule is CCOCCCCNC(=NC)NCCOc1ccc(C(C)(C)C)cc1.I. The van der Waals surface area contributed by atoms with E-state index < -0.39 is 0 Å². The molecule has 0 aliphatic carbocycles. The molecule has 6 heteroatoms. The molecule has 0 heterocycles. The average molecular weight is 477 g/mol. The molecule has 1 aromatic rings.